The molecule has 4 heterocycles. The Morgan fingerprint density at radius 3 is 2.47 bits per heavy atom. The molecule has 3 fully saturated rings. The van der Waals surface area contributed by atoms with Gasteiger partial charge >= 0.3 is 6.03 Å². The fraction of sp³-hybridized carbons (Fsp3) is 0.467. The summed E-state index contributed by atoms with van der Waals surface area (Å²) in [5, 5.41) is 15.8. The molecular weight excluding hydrogens is 784 g/mol. The molecule has 7 rings (SSSR count). The Morgan fingerprint density at radius 1 is 1.02 bits per heavy atom. The molecule has 60 heavy (non-hydrogen) atoms. The molecule has 14 nitrogen and oxygen atoms in total. The Labute approximate surface area is 355 Å². The third-order valence-electron chi connectivity index (χ3n) is 11.8. The van der Waals surface area contributed by atoms with Crippen LogP contribution in [0.4, 0.5) is 10.5 Å². The molecule has 2 N–H and O–H groups in total. The average Bonchev–Trinajstić information content (AvgIpc) is 3.68. The summed E-state index contributed by atoms with van der Waals surface area (Å²) < 4.78 is 14.1. The van der Waals surface area contributed by atoms with Gasteiger partial charge in [0.15, 0.2) is 0 Å². The number of nitrogens with zero attached hydrogens (tertiary/aromatic N) is 6. The van der Waals surface area contributed by atoms with E-state index >= 15 is 0 Å². The second-order valence-corrected chi connectivity index (χ2v) is 16.8. The highest BCUT2D eigenvalue weighted by Gasteiger charge is 2.29. The van der Waals surface area contributed by atoms with Crippen molar-refractivity contribution in [3.8, 4) is 17.6 Å². The average molecular weight is 837 g/mol. The largest absolute Gasteiger partial charge is 0.492 e. The van der Waals surface area contributed by atoms with E-state index in [1.807, 2.05) is 25.4 Å². The summed E-state index contributed by atoms with van der Waals surface area (Å²) in [6.45, 7) is 8.38. The minimum Gasteiger partial charge on any atom is -0.492 e. The lowest BCUT2D eigenvalue weighted by Crippen LogP contribution is -2.49. The number of urea groups is 1. The first-order chi connectivity index (χ1) is 28.9. The van der Waals surface area contributed by atoms with Crippen LogP contribution in [0.15, 0.2) is 60.9 Å². The number of imide groups is 1. The van der Waals surface area contributed by atoms with Gasteiger partial charge in [0, 0.05) is 68.4 Å². The molecule has 3 aliphatic rings. The van der Waals surface area contributed by atoms with E-state index < -0.39 is 6.03 Å². The Morgan fingerprint density at radius 2 is 1.78 bits per heavy atom. The summed E-state index contributed by atoms with van der Waals surface area (Å²) in [6.07, 6.45) is 9.78. The number of anilines is 1. The first-order valence-electron chi connectivity index (χ1n) is 21.0. The summed E-state index contributed by atoms with van der Waals surface area (Å²) in [6, 6.07) is 16.0. The van der Waals surface area contributed by atoms with Crippen LogP contribution < -0.4 is 25.0 Å². The van der Waals surface area contributed by atoms with Crippen molar-refractivity contribution in [1.82, 2.24) is 30.0 Å². The van der Waals surface area contributed by atoms with Gasteiger partial charge < -0.3 is 29.2 Å². The standard InChI is InChI=1S/C45H53ClN8O6/c1-29(2)53-20-15-37-40(53)23-32(24-41(37)54-21-16-42(55)50-45(54)58)44(57)51(3)28-30-13-18-52(19-14-30)17-4-22-59-36-11-12-39(48-27-36)43(56)49-33-6-9-34(10-7-33)60-35-8-5-31(26-47)38(46)25-35/h5,8,11-12,15,20,23-25,27,29-30,33-34H,4,6-7,9-10,13-14,16-19,21-22,28H2,1-3H3,(H,49,56)(H,50,55,58)/t33-,34-. The number of aromatic nitrogens is 2. The minimum atomic E-state index is -0.471. The number of hydrogen-bond donors (Lipinski definition) is 2. The van der Waals surface area contributed by atoms with E-state index in [1.165, 1.54) is 0 Å². The number of hydrogen-bond acceptors (Lipinski definition) is 9. The van der Waals surface area contributed by atoms with Crippen LogP contribution in [0.2, 0.25) is 5.02 Å². The number of carbonyl (C=O) groups is 4. The lowest BCUT2D eigenvalue weighted by Gasteiger charge is -2.34. The zero-order valence-corrected chi connectivity index (χ0v) is 35.2. The van der Waals surface area contributed by atoms with Gasteiger partial charge in [0.05, 0.1) is 40.7 Å². The van der Waals surface area contributed by atoms with Crippen molar-refractivity contribution in [2.75, 3.05) is 51.3 Å². The highest BCUT2D eigenvalue weighted by Crippen LogP contribution is 2.33. The van der Waals surface area contributed by atoms with Crippen molar-refractivity contribution in [2.24, 2.45) is 5.92 Å². The van der Waals surface area contributed by atoms with Crippen LogP contribution in [0.5, 0.6) is 11.5 Å². The van der Waals surface area contributed by atoms with E-state index in [1.54, 1.807) is 52.4 Å². The number of fused-ring (bicyclic) bond motifs is 1. The Bertz CT molecular complexity index is 2240. The lowest BCUT2D eigenvalue weighted by atomic mass is 9.92. The third kappa shape index (κ3) is 10.2. The Balaban J connectivity index is 0.811. The molecule has 1 aliphatic carbocycles. The second-order valence-electron chi connectivity index (χ2n) is 16.4. The SMILES string of the molecule is CC(C)n1ccc2c(N3CCC(=O)NC3=O)cc(C(=O)N(C)CC3CCN(CCCOc4ccc(C(=O)N[C@H]5CC[C@H](Oc6ccc(C#N)c(Cl)c6)CC5)nc4)CC3)cc21. The zero-order valence-electron chi connectivity index (χ0n) is 34.5. The van der Waals surface area contributed by atoms with Crippen molar-refractivity contribution in [3.05, 3.63) is 82.8 Å². The van der Waals surface area contributed by atoms with E-state index in [4.69, 9.17) is 26.3 Å². The molecule has 1 saturated carbocycles. The van der Waals surface area contributed by atoms with Crippen molar-refractivity contribution in [2.45, 2.75) is 83.4 Å². The van der Waals surface area contributed by atoms with Gasteiger partial charge in [-0.3, -0.25) is 24.6 Å². The molecule has 5 amide bonds. The monoisotopic (exact) mass is 836 g/mol. The highest BCUT2D eigenvalue weighted by molar-refractivity contribution is 6.31. The summed E-state index contributed by atoms with van der Waals surface area (Å²) in [5.41, 5.74) is 2.79. The molecule has 0 atom stereocenters. The van der Waals surface area contributed by atoms with Crippen LogP contribution in [0.25, 0.3) is 10.9 Å². The molecule has 0 radical (unpaired) electrons. The molecule has 0 spiro atoms. The topological polar surface area (TPSA) is 162 Å². The quantitative estimate of drug-likeness (QED) is 0.128. The maximum Gasteiger partial charge on any atom is 0.328 e. The number of pyridine rings is 1. The predicted molar refractivity (Wildman–Crippen MR) is 229 cm³/mol. The molecule has 15 heteroatoms. The number of piperidine rings is 1. The van der Waals surface area contributed by atoms with Gasteiger partial charge in [0.2, 0.25) is 5.91 Å². The number of halogens is 1. The van der Waals surface area contributed by atoms with Crippen molar-refractivity contribution in [3.63, 3.8) is 0 Å². The number of likely N-dealkylation sites (tertiary alicyclic amines) is 1. The fourth-order valence-corrected chi connectivity index (χ4v) is 8.64. The van der Waals surface area contributed by atoms with Gasteiger partial charge in [-0.05, 0) is 120 Å². The molecule has 2 saturated heterocycles. The van der Waals surface area contributed by atoms with E-state index in [2.05, 4.69) is 45.0 Å². The van der Waals surface area contributed by atoms with E-state index in [9.17, 15) is 19.2 Å². The van der Waals surface area contributed by atoms with Crippen LogP contribution in [-0.4, -0.2) is 102 Å². The molecule has 4 aromatic rings. The molecular formula is C45H53ClN8O6. The minimum absolute atomic E-state index is 0.0224. The summed E-state index contributed by atoms with van der Waals surface area (Å²) in [7, 11) is 1.85. The van der Waals surface area contributed by atoms with Crippen molar-refractivity contribution >= 4 is 51.9 Å². The summed E-state index contributed by atoms with van der Waals surface area (Å²) >= 11 is 6.14. The predicted octanol–water partition coefficient (Wildman–Crippen LogP) is 6.96. The van der Waals surface area contributed by atoms with Gasteiger partial charge in [0.1, 0.15) is 23.3 Å². The van der Waals surface area contributed by atoms with Crippen LogP contribution in [0.3, 0.4) is 0 Å². The van der Waals surface area contributed by atoms with E-state index in [0.717, 1.165) is 75.5 Å². The number of nitrogens with one attached hydrogen (secondary N) is 2. The molecule has 2 aromatic heterocycles. The van der Waals surface area contributed by atoms with Gasteiger partial charge in [0.25, 0.3) is 11.8 Å². The van der Waals surface area contributed by atoms with Gasteiger partial charge in [-0.2, -0.15) is 5.26 Å². The molecule has 0 unspecified atom stereocenters. The first-order valence-corrected chi connectivity index (χ1v) is 21.3. The molecule has 0 bridgehead atoms. The van der Waals surface area contributed by atoms with Gasteiger partial charge in [-0.15, -0.1) is 0 Å². The summed E-state index contributed by atoms with van der Waals surface area (Å²) in [4.78, 5) is 61.7. The van der Waals surface area contributed by atoms with Gasteiger partial charge in [-0.1, -0.05) is 11.6 Å². The van der Waals surface area contributed by atoms with E-state index in [0.29, 0.717) is 58.1 Å². The van der Waals surface area contributed by atoms with Crippen LogP contribution in [0.1, 0.15) is 97.7 Å². The fourth-order valence-electron chi connectivity index (χ4n) is 8.43. The Hall–Kier alpha value is -5.65. The van der Waals surface area contributed by atoms with Crippen LogP contribution >= 0.6 is 11.6 Å². The third-order valence-corrected chi connectivity index (χ3v) is 12.1. The van der Waals surface area contributed by atoms with Crippen molar-refractivity contribution in [1.29, 1.82) is 5.26 Å². The highest BCUT2D eigenvalue weighted by atomic mass is 35.5. The first kappa shape index (κ1) is 42.5. The van der Waals surface area contributed by atoms with Crippen molar-refractivity contribution < 1.29 is 28.7 Å². The number of carbonyl (C=O) groups excluding carboxylic acids is 4. The number of benzene rings is 2. The summed E-state index contributed by atoms with van der Waals surface area (Å²) in [5.74, 6) is 1.04. The lowest BCUT2D eigenvalue weighted by molar-refractivity contribution is -0.120. The maximum absolute atomic E-state index is 13.9. The second kappa shape index (κ2) is 19.2. The Kier molecular flexibility index (Phi) is 13.6. The van der Waals surface area contributed by atoms with Crippen LogP contribution in [-0.2, 0) is 4.79 Å². The van der Waals surface area contributed by atoms with E-state index in [-0.39, 0.29) is 48.9 Å². The number of rotatable bonds is 14. The molecule has 2 aliphatic heterocycles. The molecule has 2 aromatic carbocycles. The molecule has 316 valence electrons. The van der Waals surface area contributed by atoms with Crippen LogP contribution in [0, 0.1) is 17.2 Å². The van der Waals surface area contributed by atoms with Gasteiger partial charge in [-0.25, -0.2) is 9.78 Å². The smallest absolute Gasteiger partial charge is 0.328 e. The zero-order chi connectivity index (χ0) is 42.3. The number of amides is 5. The normalized spacial score (nSPS) is 18.9. The number of ether oxygens (including phenoxy) is 2. The maximum atomic E-state index is 13.9. The number of nitriles is 1.